The smallest absolute Gasteiger partial charge is 0.323 e. The molecular formula is C26H33N5O3. The Morgan fingerprint density at radius 3 is 2.53 bits per heavy atom. The maximum atomic E-state index is 12.9. The molecule has 0 saturated heterocycles. The molecule has 1 aromatic carbocycles. The first-order valence-corrected chi connectivity index (χ1v) is 12.4. The molecule has 2 bridgehead atoms. The van der Waals surface area contributed by atoms with Crippen molar-refractivity contribution in [1.29, 1.82) is 0 Å². The van der Waals surface area contributed by atoms with Gasteiger partial charge in [-0.2, -0.15) is 0 Å². The van der Waals surface area contributed by atoms with E-state index in [4.69, 9.17) is 0 Å². The minimum Gasteiger partial charge on any atom is -0.481 e. The summed E-state index contributed by atoms with van der Waals surface area (Å²) in [6.45, 7) is 5.37. The number of hydrogen-bond donors (Lipinski definition) is 3. The Morgan fingerprint density at radius 2 is 1.91 bits per heavy atom. The van der Waals surface area contributed by atoms with Gasteiger partial charge in [0, 0.05) is 12.6 Å². The van der Waals surface area contributed by atoms with Gasteiger partial charge in [0.05, 0.1) is 35.4 Å². The molecular weight excluding hydrogens is 430 g/mol. The molecule has 2 aromatic rings. The number of amides is 2. The van der Waals surface area contributed by atoms with Crippen LogP contribution in [-0.2, 0) is 4.79 Å². The molecule has 5 rings (SSSR count). The number of fused-ring (bicyclic) bond motifs is 2. The van der Waals surface area contributed by atoms with Crippen LogP contribution in [0.3, 0.4) is 0 Å². The molecule has 1 unspecified atom stereocenters. The number of aromatic nitrogens is 2. The van der Waals surface area contributed by atoms with Gasteiger partial charge < -0.3 is 20.6 Å². The molecule has 3 fully saturated rings. The molecule has 3 aliphatic carbocycles. The van der Waals surface area contributed by atoms with Crippen LogP contribution in [0.25, 0.3) is 0 Å². The summed E-state index contributed by atoms with van der Waals surface area (Å²) in [6, 6.07) is 6.23. The van der Waals surface area contributed by atoms with Crippen LogP contribution in [0.2, 0.25) is 0 Å². The topological polar surface area (TPSA) is 107 Å². The summed E-state index contributed by atoms with van der Waals surface area (Å²) >= 11 is 0. The third kappa shape index (κ3) is 4.72. The summed E-state index contributed by atoms with van der Waals surface area (Å²) in [5, 5.41) is 15.3. The van der Waals surface area contributed by atoms with Crippen LogP contribution < -0.4 is 15.5 Å². The summed E-state index contributed by atoms with van der Waals surface area (Å²) in [7, 11) is 0. The number of aliphatic carboxylic acids is 1. The molecule has 8 heteroatoms. The highest BCUT2D eigenvalue weighted by molar-refractivity contribution is 6.02. The number of benzene rings is 1. The lowest BCUT2D eigenvalue weighted by atomic mass is 9.92. The number of anilines is 3. The largest absolute Gasteiger partial charge is 0.481 e. The van der Waals surface area contributed by atoms with Gasteiger partial charge in [0.15, 0.2) is 0 Å². The van der Waals surface area contributed by atoms with Crippen molar-refractivity contribution in [1.82, 2.24) is 9.97 Å². The van der Waals surface area contributed by atoms with Crippen LogP contribution in [-0.4, -0.2) is 39.7 Å². The number of nitrogens with one attached hydrogen (secondary N) is 2. The molecule has 34 heavy (non-hydrogen) atoms. The van der Waals surface area contributed by atoms with E-state index in [-0.39, 0.29) is 17.9 Å². The van der Waals surface area contributed by atoms with Gasteiger partial charge in [-0.3, -0.25) is 4.79 Å². The van der Waals surface area contributed by atoms with E-state index in [1.54, 1.807) is 12.4 Å². The molecule has 3 N–H and O–H groups in total. The van der Waals surface area contributed by atoms with Crippen molar-refractivity contribution in [3.63, 3.8) is 0 Å². The molecule has 8 nitrogen and oxygen atoms in total. The van der Waals surface area contributed by atoms with Gasteiger partial charge in [0.25, 0.3) is 0 Å². The highest BCUT2D eigenvalue weighted by Crippen LogP contribution is 2.51. The van der Waals surface area contributed by atoms with Gasteiger partial charge in [-0.1, -0.05) is 26.3 Å². The van der Waals surface area contributed by atoms with Crippen molar-refractivity contribution in [2.45, 2.75) is 57.9 Å². The van der Waals surface area contributed by atoms with Crippen molar-refractivity contribution in [3.05, 3.63) is 42.5 Å². The van der Waals surface area contributed by atoms with E-state index in [0.717, 1.165) is 29.4 Å². The average molecular weight is 464 g/mol. The SMILES string of the molecule is CC(C)CN(c1ccc([C@H]2CC2C(=O)O)cc1NC(=O)Nc1cncnc1)[C@@H]1C[C@H]2CC[C@@H]1C2. The Bertz CT molecular complexity index is 1060. The third-order valence-corrected chi connectivity index (χ3v) is 7.60. The monoisotopic (exact) mass is 463 g/mol. The van der Waals surface area contributed by atoms with E-state index in [1.165, 1.54) is 32.0 Å². The van der Waals surface area contributed by atoms with Crippen LogP contribution >= 0.6 is 0 Å². The Labute approximate surface area is 200 Å². The lowest BCUT2D eigenvalue weighted by Crippen LogP contribution is -2.42. The number of carbonyl (C=O) groups excluding carboxylic acids is 1. The molecule has 3 saturated carbocycles. The van der Waals surface area contributed by atoms with Crippen molar-refractivity contribution in [2.24, 2.45) is 23.7 Å². The van der Waals surface area contributed by atoms with Gasteiger partial charge in [0.2, 0.25) is 0 Å². The first-order chi connectivity index (χ1) is 16.4. The van der Waals surface area contributed by atoms with Gasteiger partial charge in [0.1, 0.15) is 6.33 Å². The fraction of sp³-hybridized carbons (Fsp3) is 0.538. The molecule has 3 aliphatic rings. The molecule has 5 atom stereocenters. The average Bonchev–Trinajstić information content (AvgIpc) is 3.34. The summed E-state index contributed by atoms with van der Waals surface area (Å²) in [4.78, 5) is 34.8. The van der Waals surface area contributed by atoms with E-state index in [2.05, 4.69) is 51.5 Å². The van der Waals surface area contributed by atoms with Crippen molar-refractivity contribution >= 4 is 29.1 Å². The number of hydrogen-bond acceptors (Lipinski definition) is 5. The second-order valence-corrected chi connectivity index (χ2v) is 10.6. The zero-order chi connectivity index (χ0) is 23.8. The Morgan fingerprint density at radius 1 is 1.12 bits per heavy atom. The second kappa shape index (κ2) is 9.24. The van der Waals surface area contributed by atoms with Crippen LogP contribution in [0.4, 0.5) is 21.9 Å². The van der Waals surface area contributed by atoms with Crippen LogP contribution in [0.5, 0.6) is 0 Å². The fourth-order valence-corrected chi connectivity index (χ4v) is 6.02. The lowest BCUT2D eigenvalue weighted by molar-refractivity contribution is -0.138. The minimum absolute atomic E-state index is 0.00118. The normalized spacial score (nSPS) is 27.0. The summed E-state index contributed by atoms with van der Waals surface area (Å²) in [5.74, 6) is 0.886. The summed E-state index contributed by atoms with van der Waals surface area (Å²) in [6.07, 6.45) is 10.3. The zero-order valence-electron chi connectivity index (χ0n) is 19.8. The Hall–Kier alpha value is -3.16. The van der Waals surface area contributed by atoms with Crippen LogP contribution in [0.1, 0.15) is 57.4 Å². The van der Waals surface area contributed by atoms with E-state index in [9.17, 15) is 14.7 Å². The molecule has 180 valence electrons. The van der Waals surface area contributed by atoms with Crippen LogP contribution in [0, 0.1) is 23.7 Å². The van der Waals surface area contributed by atoms with E-state index in [0.29, 0.717) is 30.0 Å². The van der Waals surface area contributed by atoms with Crippen molar-refractivity contribution in [2.75, 3.05) is 22.1 Å². The minimum atomic E-state index is -0.756. The van der Waals surface area contributed by atoms with E-state index >= 15 is 0 Å². The fourth-order valence-electron chi connectivity index (χ4n) is 6.02. The molecule has 0 aliphatic heterocycles. The van der Waals surface area contributed by atoms with Gasteiger partial charge in [-0.15, -0.1) is 0 Å². The predicted octanol–water partition coefficient (Wildman–Crippen LogP) is 4.96. The lowest BCUT2D eigenvalue weighted by Gasteiger charge is -2.39. The first-order valence-electron chi connectivity index (χ1n) is 12.4. The number of nitrogens with zero attached hydrogens (tertiary/aromatic N) is 3. The van der Waals surface area contributed by atoms with Gasteiger partial charge >= 0.3 is 12.0 Å². The van der Waals surface area contributed by atoms with Crippen LogP contribution in [0.15, 0.2) is 36.9 Å². The first kappa shape index (κ1) is 22.6. The van der Waals surface area contributed by atoms with Gasteiger partial charge in [-0.25, -0.2) is 14.8 Å². The zero-order valence-corrected chi connectivity index (χ0v) is 19.8. The molecule has 0 radical (unpaired) electrons. The molecule has 1 aromatic heterocycles. The molecule has 2 amide bonds. The van der Waals surface area contributed by atoms with E-state index < -0.39 is 5.97 Å². The van der Waals surface area contributed by atoms with Gasteiger partial charge in [-0.05, 0) is 67.1 Å². The number of urea groups is 1. The van der Waals surface area contributed by atoms with Crippen molar-refractivity contribution < 1.29 is 14.7 Å². The highest BCUT2D eigenvalue weighted by atomic mass is 16.4. The number of rotatable bonds is 8. The maximum absolute atomic E-state index is 12.9. The standard InChI is InChI=1S/C26H33N5O3/c1-15(2)13-31(24-8-16-3-4-18(24)7-16)23-6-5-17(20-10-21(20)25(32)33)9-22(23)30-26(34)29-19-11-27-14-28-12-19/h5-6,9,11-12,14-16,18,20-21,24H,3-4,7-8,10,13H2,1-2H3,(H,32,33)(H2,29,30,34)/t16-,18+,20+,21?,24+/m0/s1. The summed E-state index contributed by atoms with van der Waals surface area (Å²) < 4.78 is 0. The maximum Gasteiger partial charge on any atom is 0.323 e. The Kier molecular flexibility index (Phi) is 6.15. The molecule has 0 spiro atoms. The highest BCUT2D eigenvalue weighted by Gasteiger charge is 2.45. The number of carboxylic acid groups (broad SMARTS) is 1. The van der Waals surface area contributed by atoms with E-state index in [1.807, 2.05) is 6.07 Å². The second-order valence-electron chi connectivity index (χ2n) is 10.6. The predicted molar refractivity (Wildman–Crippen MR) is 131 cm³/mol. The Balaban J connectivity index is 1.45. The number of carbonyl (C=O) groups is 2. The van der Waals surface area contributed by atoms with Crippen molar-refractivity contribution in [3.8, 4) is 0 Å². The molecule has 1 heterocycles. The summed E-state index contributed by atoms with van der Waals surface area (Å²) in [5.41, 5.74) is 3.22. The quantitative estimate of drug-likeness (QED) is 0.511. The third-order valence-electron chi connectivity index (χ3n) is 7.60. The number of carboxylic acids is 1.